The molecular formula is C21H26N2O3. The number of nitrogens with zero attached hydrogens (tertiary/aromatic N) is 1. The van der Waals surface area contributed by atoms with Gasteiger partial charge in [0.15, 0.2) is 0 Å². The number of furan rings is 1. The molecule has 0 bridgehead atoms. The van der Waals surface area contributed by atoms with Crippen LogP contribution in [-0.2, 0) is 16.0 Å². The maximum absolute atomic E-state index is 12.9. The Kier molecular flexibility index (Phi) is 4.25. The Morgan fingerprint density at radius 1 is 1.27 bits per heavy atom. The zero-order valence-corrected chi connectivity index (χ0v) is 15.7. The van der Waals surface area contributed by atoms with E-state index in [0.717, 1.165) is 47.0 Å². The molecule has 2 aliphatic rings. The van der Waals surface area contributed by atoms with E-state index in [1.807, 2.05) is 24.9 Å². The molecule has 4 rings (SSSR count). The Morgan fingerprint density at radius 3 is 2.85 bits per heavy atom. The second-order valence-corrected chi connectivity index (χ2v) is 8.05. The predicted molar refractivity (Wildman–Crippen MR) is 99.8 cm³/mol. The number of likely N-dealkylation sites (N-methyl/N-ethyl adjacent to an activating group) is 1. The normalized spacial score (nSPS) is 25.2. The molecule has 2 amide bonds. The van der Waals surface area contributed by atoms with E-state index in [9.17, 15) is 9.59 Å². The first kappa shape index (κ1) is 17.1. The zero-order valence-electron chi connectivity index (χ0n) is 15.7. The number of hydrogen-bond donors (Lipinski definition) is 1. The van der Waals surface area contributed by atoms with Crippen LogP contribution in [0.5, 0.6) is 0 Å². The number of nitrogens with one attached hydrogen (secondary N) is 1. The number of hydrogen-bond acceptors (Lipinski definition) is 3. The molecular weight excluding hydrogens is 328 g/mol. The van der Waals surface area contributed by atoms with Crippen LogP contribution in [0, 0.1) is 25.7 Å². The third-order valence-electron chi connectivity index (χ3n) is 6.20. The van der Waals surface area contributed by atoms with Crippen LogP contribution in [0.2, 0.25) is 0 Å². The molecule has 2 aromatic rings. The van der Waals surface area contributed by atoms with Gasteiger partial charge < -0.3 is 14.6 Å². The monoisotopic (exact) mass is 354 g/mol. The second-order valence-electron chi connectivity index (χ2n) is 8.05. The van der Waals surface area contributed by atoms with Crippen molar-refractivity contribution in [1.82, 2.24) is 10.2 Å². The Labute approximate surface area is 153 Å². The lowest BCUT2D eigenvalue weighted by Crippen LogP contribution is -2.38. The van der Waals surface area contributed by atoms with Crippen molar-refractivity contribution in [3.8, 4) is 0 Å². The number of aryl methyl sites for hydroxylation is 2. The van der Waals surface area contributed by atoms with Gasteiger partial charge in [-0.25, -0.2) is 0 Å². The fourth-order valence-corrected chi connectivity index (χ4v) is 4.80. The predicted octanol–water partition coefficient (Wildman–Crippen LogP) is 2.97. The van der Waals surface area contributed by atoms with E-state index < -0.39 is 0 Å². The minimum Gasteiger partial charge on any atom is -0.464 e. The molecule has 3 atom stereocenters. The first-order chi connectivity index (χ1) is 12.4. The average Bonchev–Trinajstić information content (AvgIpc) is 3.17. The van der Waals surface area contributed by atoms with Crippen molar-refractivity contribution in [1.29, 1.82) is 0 Å². The molecule has 1 saturated heterocycles. The Morgan fingerprint density at radius 2 is 2.04 bits per heavy atom. The fourth-order valence-electron chi connectivity index (χ4n) is 4.80. The van der Waals surface area contributed by atoms with Crippen LogP contribution in [0.1, 0.15) is 36.0 Å². The highest BCUT2D eigenvalue weighted by molar-refractivity contribution is 5.90. The van der Waals surface area contributed by atoms with Gasteiger partial charge in [-0.3, -0.25) is 9.59 Å². The summed E-state index contributed by atoms with van der Waals surface area (Å²) in [5.74, 6) is 1.20. The van der Waals surface area contributed by atoms with Crippen molar-refractivity contribution in [2.24, 2.45) is 11.8 Å². The van der Waals surface area contributed by atoms with Gasteiger partial charge in [0.25, 0.3) is 0 Å². The van der Waals surface area contributed by atoms with Crippen molar-refractivity contribution in [3.63, 3.8) is 0 Å². The van der Waals surface area contributed by atoms with Crippen molar-refractivity contribution >= 4 is 22.8 Å². The SMILES string of the molecule is Cc1cc(C)c2c(CC(=O)N(C)[C@H]3C[C@H]4CNC(=O)C[C@H]4C3)coc2c1. The molecule has 2 fully saturated rings. The standard InChI is InChI=1S/C21H26N2O3/c1-12-4-13(2)21-16(11-26-18(21)5-12)9-20(25)23(3)17-6-14-8-19(24)22-10-15(14)7-17/h4-5,11,14-15,17H,6-10H2,1-3H3,(H,22,24)/t14-,15+,17-/m1/s1. The third-order valence-corrected chi connectivity index (χ3v) is 6.20. The summed E-state index contributed by atoms with van der Waals surface area (Å²) >= 11 is 0. The van der Waals surface area contributed by atoms with Gasteiger partial charge in [-0.15, -0.1) is 0 Å². The number of benzene rings is 1. The van der Waals surface area contributed by atoms with Crippen LogP contribution in [0.15, 0.2) is 22.8 Å². The average molecular weight is 354 g/mol. The van der Waals surface area contributed by atoms with Gasteiger partial charge in [0.05, 0.1) is 12.7 Å². The molecule has 1 saturated carbocycles. The number of amides is 2. The van der Waals surface area contributed by atoms with E-state index in [-0.39, 0.29) is 17.9 Å². The quantitative estimate of drug-likeness (QED) is 0.922. The lowest BCUT2D eigenvalue weighted by atomic mass is 9.89. The van der Waals surface area contributed by atoms with Gasteiger partial charge in [0, 0.05) is 37.0 Å². The third kappa shape index (κ3) is 3.00. The number of carbonyl (C=O) groups excluding carboxylic acids is 2. The lowest BCUT2D eigenvalue weighted by Gasteiger charge is -2.24. The zero-order chi connectivity index (χ0) is 18.4. The summed E-state index contributed by atoms with van der Waals surface area (Å²) in [6, 6.07) is 4.37. The summed E-state index contributed by atoms with van der Waals surface area (Å²) in [5.41, 5.74) is 4.12. The van der Waals surface area contributed by atoms with Gasteiger partial charge in [0.1, 0.15) is 5.58 Å². The molecule has 26 heavy (non-hydrogen) atoms. The molecule has 138 valence electrons. The van der Waals surface area contributed by atoms with Crippen LogP contribution in [0.3, 0.4) is 0 Å². The maximum atomic E-state index is 12.9. The van der Waals surface area contributed by atoms with Crippen LogP contribution in [-0.4, -0.2) is 36.3 Å². The second kappa shape index (κ2) is 6.45. The first-order valence-electron chi connectivity index (χ1n) is 9.42. The number of rotatable bonds is 3. The molecule has 5 nitrogen and oxygen atoms in total. The smallest absolute Gasteiger partial charge is 0.227 e. The molecule has 5 heteroatoms. The summed E-state index contributed by atoms with van der Waals surface area (Å²) < 4.78 is 5.69. The number of carbonyl (C=O) groups is 2. The van der Waals surface area contributed by atoms with Crippen LogP contribution >= 0.6 is 0 Å². The molecule has 0 spiro atoms. The van der Waals surface area contributed by atoms with E-state index >= 15 is 0 Å². The van der Waals surface area contributed by atoms with Crippen molar-refractivity contribution in [2.45, 2.75) is 45.6 Å². The highest BCUT2D eigenvalue weighted by Gasteiger charge is 2.40. The van der Waals surface area contributed by atoms with E-state index in [0.29, 0.717) is 24.7 Å². The van der Waals surface area contributed by atoms with E-state index in [4.69, 9.17) is 4.42 Å². The van der Waals surface area contributed by atoms with Crippen molar-refractivity contribution < 1.29 is 14.0 Å². The van der Waals surface area contributed by atoms with Crippen LogP contribution < -0.4 is 5.32 Å². The Bertz CT molecular complexity index is 870. The minimum atomic E-state index is 0.121. The molecule has 2 heterocycles. The summed E-state index contributed by atoms with van der Waals surface area (Å²) in [7, 11) is 1.90. The van der Waals surface area contributed by atoms with Crippen LogP contribution in [0.4, 0.5) is 0 Å². The van der Waals surface area contributed by atoms with E-state index in [1.54, 1.807) is 6.26 Å². The fraction of sp³-hybridized carbons (Fsp3) is 0.524. The van der Waals surface area contributed by atoms with E-state index in [2.05, 4.69) is 18.3 Å². The maximum Gasteiger partial charge on any atom is 0.227 e. The van der Waals surface area contributed by atoms with Crippen molar-refractivity contribution in [2.75, 3.05) is 13.6 Å². The Hall–Kier alpha value is -2.30. The van der Waals surface area contributed by atoms with Gasteiger partial charge >= 0.3 is 0 Å². The van der Waals surface area contributed by atoms with Crippen LogP contribution in [0.25, 0.3) is 11.0 Å². The van der Waals surface area contributed by atoms with Gasteiger partial charge in [-0.05, 0) is 55.7 Å². The lowest BCUT2D eigenvalue weighted by molar-refractivity contribution is -0.131. The van der Waals surface area contributed by atoms with Gasteiger partial charge in [-0.1, -0.05) is 6.07 Å². The largest absolute Gasteiger partial charge is 0.464 e. The van der Waals surface area contributed by atoms with Gasteiger partial charge in [-0.2, -0.15) is 0 Å². The summed E-state index contributed by atoms with van der Waals surface area (Å²) in [4.78, 5) is 26.4. The Balaban J connectivity index is 1.48. The number of piperidine rings is 1. The van der Waals surface area contributed by atoms with Crippen molar-refractivity contribution in [3.05, 3.63) is 35.1 Å². The highest BCUT2D eigenvalue weighted by atomic mass is 16.3. The number of fused-ring (bicyclic) bond motifs is 2. The molecule has 1 N–H and O–H groups in total. The topological polar surface area (TPSA) is 62.6 Å². The highest BCUT2D eigenvalue weighted by Crippen LogP contribution is 2.38. The molecule has 1 aromatic heterocycles. The summed E-state index contributed by atoms with van der Waals surface area (Å²) in [6.07, 6.45) is 4.60. The minimum absolute atomic E-state index is 0.121. The first-order valence-corrected chi connectivity index (χ1v) is 9.42. The molecule has 0 radical (unpaired) electrons. The molecule has 1 aromatic carbocycles. The molecule has 0 unspecified atom stereocenters. The van der Waals surface area contributed by atoms with E-state index in [1.165, 1.54) is 0 Å². The van der Waals surface area contributed by atoms with Gasteiger partial charge in [0.2, 0.25) is 11.8 Å². The molecule has 1 aliphatic heterocycles. The summed E-state index contributed by atoms with van der Waals surface area (Å²) in [5, 5.41) is 4.02. The molecule has 1 aliphatic carbocycles. The summed E-state index contributed by atoms with van der Waals surface area (Å²) in [6.45, 7) is 4.87.